The van der Waals surface area contributed by atoms with Crippen LogP contribution in [0.2, 0.25) is 5.02 Å². The van der Waals surface area contributed by atoms with Crippen LogP contribution in [0.4, 0.5) is 0 Å². The van der Waals surface area contributed by atoms with Crippen molar-refractivity contribution in [2.24, 2.45) is 5.92 Å². The first kappa shape index (κ1) is 22.9. The summed E-state index contributed by atoms with van der Waals surface area (Å²) in [6.45, 7) is 1.31. The third kappa shape index (κ3) is 5.04. The summed E-state index contributed by atoms with van der Waals surface area (Å²) in [5.41, 5.74) is 2.57. The summed E-state index contributed by atoms with van der Waals surface area (Å²) in [7, 11) is 3.45. The lowest BCUT2D eigenvalue weighted by Gasteiger charge is -2.25. The average Bonchev–Trinajstić information content (AvgIpc) is 3.29. The first-order valence-corrected chi connectivity index (χ1v) is 11.3. The molecule has 1 fully saturated rings. The number of carbonyl (C=O) groups excluding carboxylic acids is 2. The smallest absolute Gasteiger partial charge is 0.253 e. The Morgan fingerprint density at radius 1 is 0.970 bits per heavy atom. The van der Waals surface area contributed by atoms with Crippen LogP contribution in [-0.4, -0.2) is 48.9 Å². The number of hydrogen-bond donors (Lipinski definition) is 0. The van der Waals surface area contributed by atoms with Gasteiger partial charge in [0.25, 0.3) is 5.91 Å². The number of likely N-dealkylation sites (tertiary alicyclic amines) is 1. The van der Waals surface area contributed by atoms with Crippen LogP contribution in [0.15, 0.2) is 78.9 Å². The molecule has 170 valence electrons. The molecule has 0 N–H and O–H groups in total. The van der Waals surface area contributed by atoms with Gasteiger partial charge in [0.05, 0.1) is 13.0 Å². The van der Waals surface area contributed by atoms with Crippen molar-refractivity contribution in [2.45, 2.75) is 12.5 Å². The molecule has 6 heteroatoms. The van der Waals surface area contributed by atoms with Crippen molar-refractivity contribution < 1.29 is 14.3 Å². The Kier molecular flexibility index (Phi) is 6.99. The molecule has 3 aromatic rings. The fourth-order valence-corrected chi connectivity index (χ4v) is 4.63. The van der Waals surface area contributed by atoms with Gasteiger partial charge in [-0.2, -0.15) is 0 Å². The Morgan fingerprint density at radius 3 is 2.33 bits per heavy atom. The fourth-order valence-electron chi connectivity index (χ4n) is 4.50. The number of para-hydroxylation sites is 1. The van der Waals surface area contributed by atoms with Crippen LogP contribution in [0.1, 0.15) is 27.4 Å². The molecule has 5 nitrogen and oxygen atoms in total. The van der Waals surface area contributed by atoms with Gasteiger partial charge in [0.2, 0.25) is 5.91 Å². The maximum atomic E-state index is 13.6. The highest BCUT2D eigenvalue weighted by atomic mass is 35.5. The molecule has 0 saturated carbocycles. The maximum absolute atomic E-state index is 13.6. The lowest BCUT2D eigenvalue weighted by Crippen LogP contribution is -2.36. The van der Waals surface area contributed by atoms with E-state index < -0.39 is 0 Å². The van der Waals surface area contributed by atoms with E-state index in [0.717, 1.165) is 16.9 Å². The summed E-state index contributed by atoms with van der Waals surface area (Å²) in [5, 5.41) is 0.579. The zero-order valence-electron chi connectivity index (χ0n) is 18.8. The van der Waals surface area contributed by atoms with Crippen molar-refractivity contribution >= 4 is 23.4 Å². The Morgan fingerprint density at radius 2 is 1.64 bits per heavy atom. The summed E-state index contributed by atoms with van der Waals surface area (Å²) in [6, 6.07) is 24.5. The van der Waals surface area contributed by atoms with Gasteiger partial charge in [-0.25, -0.2) is 0 Å². The van der Waals surface area contributed by atoms with Gasteiger partial charge >= 0.3 is 0 Å². The van der Waals surface area contributed by atoms with Gasteiger partial charge in [-0.15, -0.1) is 0 Å². The molecule has 2 atom stereocenters. The minimum Gasteiger partial charge on any atom is -0.496 e. The minimum atomic E-state index is -0.369. The van der Waals surface area contributed by atoms with E-state index in [4.69, 9.17) is 16.3 Å². The monoisotopic (exact) mass is 462 g/mol. The van der Waals surface area contributed by atoms with E-state index in [0.29, 0.717) is 30.2 Å². The Hall–Kier alpha value is -3.31. The Labute approximate surface area is 199 Å². The second kappa shape index (κ2) is 10.1. The molecule has 1 heterocycles. The van der Waals surface area contributed by atoms with Crippen LogP contribution >= 0.6 is 11.6 Å². The van der Waals surface area contributed by atoms with Gasteiger partial charge < -0.3 is 14.5 Å². The number of halogens is 1. The predicted octanol–water partition coefficient (Wildman–Crippen LogP) is 4.86. The third-order valence-corrected chi connectivity index (χ3v) is 6.44. The molecule has 1 aliphatic rings. The summed E-state index contributed by atoms with van der Waals surface area (Å²) >= 11 is 5.99. The number of benzene rings is 3. The summed E-state index contributed by atoms with van der Waals surface area (Å²) in [4.78, 5) is 30.4. The highest BCUT2D eigenvalue weighted by Gasteiger charge is 2.42. The lowest BCUT2D eigenvalue weighted by molar-refractivity contribution is -0.134. The van der Waals surface area contributed by atoms with Crippen molar-refractivity contribution in [3.05, 3.63) is 101 Å². The van der Waals surface area contributed by atoms with Crippen LogP contribution in [0.5, 0.6) is 5.75 Å². The number of methoxy groups -OCH3 is 1. The van der Waals surface area contributed by atoms with Crippen molar-refractivity contribution in [2.75, 3.05) is 27.2 Å². The van der Waals surface area contributed by atoms with Gasteiger partial charge in [-0.3, -0.25) is 9.59 Å². The van der Waals surface area contributed by atoms with Crippen LogP contribution in [-0.2, 0) is 11.3 Å². The average molecular weight is 463 g/mol. The molecule has 0 radical (unpaired) electrons. The number of hydrogen-bond acceptors (Lipinski definition) is 3. The molecule has 0 aromatic heterocycles. The van der Waals surface area contributed by atoms with E-state index in [1.807, 2.05) is 61.6 Å². The molecule has 33 heavy (non-hydrogen) atoms. The lowest BCUT2D eigenvalue weighted by atomic mass is 9.87. The van der Waals surface area contributed by atoms with E-state index in [1.54, 1.807) is 41.2 Å². The molecule has 1 aliphatic heterocycles. The zero-order chi connectivity index (χ0) is 23.4. The Bertz CT molecular complexity index is 1120. The standard InChI is InChI=1S/C27H27ClN2O3/c1-29(16-19-8-4-3-5-9-19)27(32)24-18-30(26(31)20-12-14-21(28)15-13-20)17-23(24)22-10-6-7-11-25(22)33-2/h3-15,23-24H,16-18H2,1-2H3. The molecule has 0 spiro atoms. The summed E-state index contributed by atoms with van der Waals surface area (Å²) < 4.78 is 5.59. The number of carbonyl (C=O) groups is 2. The quantitative estimate of drug-likeness (QED) is 0.525. The zero-order valence-corrected chi connectivity index (χ0v) is 19.5. The van der Waals surface area contributed by atoms with Crippen LogP contribution < -0.4 is 4.74 Å². The molecule has 2 unspecified atom stereocenters. The predicted molar refractivity (Wildman–Crippen MR) is 129 cm³/mol. The number of amides is 2. The largest absolute Gasteiger partial charge is 0.496 e. The third-order valence-electron chi connectivity index (χ3n) is 6.19. The van der Waals surface area contributed by atoms with E-state index in [1.165, 1.54) is 0 Å². The molecular weight excluding hydrogens is 436 g/mol. The van der Waals surface area contributed by atoms with E-state index in [-0.39, 0.29) is 23.7 Å². The van der Waals surface area contributed by atoms with Crippen molar-refractivity contribution in [1.82, 2.24) is 9.80 Å². The van der Waals surface area contributed by atoms with Crippen molar-refractivity contribution in [3.63, 3.8) is 0 Å². The van der Waals surface area contributed by atoms with Gasteiger partial charge in [0.15, 0.2) is 0 Å². The molecular formula is C27H27ClN2O3. The van der Waals surface area contributed by atoms with Crippen LogP contribution in [0, 0.1) is 5.92 Å². The molecule has 1 saturated heterocycles. The highest BCUT2D eigenvalue weighted by Crippen LogP contribution is 2.39. The maximum Gasteiger partial charge on any atom is 0.253 e. The fraction of sp³-hybridized carbons (Fsp3) is 0.259. The molecule has 3 aromatic carbocycles. The van der Waals surface area contributed by atoms with Gasteiger partial charge in [0.1, 0.15) is 5.75 Å². The van der Waals surface area contributed by atoms with Crippen LogP contribution in [0.25, 0.3) is 0 Å². The number of ether oxygens (including phenoxy) is 1. The topological polar surface area (TPSA) is 49.9 Å². The minimum absolute atomic E-state index is 0.0150. The first-order chi connectivity index (χ1) is 16.0. The molecule has 0 bridgehead atoms. The summed E-state index contributed by atoms with van der Waals surface area (Å²) in [5.74, 6) is 0.106. The van der Waals surface area contributed by atoms with E-state index in [2.05, 4.69) is 0 Å². The van der Waals surface area contributed by atoms with Crippen LogP contribution in [0.3, 0.4) is 0 Å². The highest BCUT2D eigenvalue weighted by molar-refractivity contribution is 6.30. The van der Waals surface area contributed by atoms with Gasteiger partial charge in [-0.1, -0.05) is 60.1 Å². The van der Waals surface area contributed by atoms with Gasteiger partial charge in [-0.05, 0) is 41.5 Å². The second-order valence-electron chi connectivity index (χ2n) is 8.35. The van der Waals surface area contributed by atoms with Crippen molar-refractivity contribution in [3.8, 4) is 5.75 Å². The van der Waals surface area contributed by atoms with E-state index >= 15 is 0 Å². The Balaban J connectivity index is 1.62. The van der Waals surface area contributed by atoms with E-state index in [9.17, 15) is 9.59 Å². The first-order valence-electron chi connectivity index (χ1n) is 10.9. The molecule has 4 rings (SSSR count). The number of nitrogens with zero attached hydrogens (tertiary/aromatic N) is 2. The second-order valence-corrected chi connectivity index (χ2v) is 8.79. The van der Waals surface area contributed by atoms with Crippen molar-refractivity contribution in [1.29, 1.82) is 0 Å². The molecule has 0 aliphatic carbocycles. The molecule has 2 amide bonds. The SMILES string of the molecule is COc1ccccc1C1CN(C(=O)c2ccc(Cl)cc2)CC1C(=O)N(C)Cc1ccccc1. The van der Waals surface area contributed by atoms with Gasteiger partial charge in [0, 0.05) is 43.2 Å². The normalized spacial score (nSPS) is 17.6. The summed E-state index contributed by atoms with van der Waals surface area (Å²) in [6.07, 6.45) is 0. The number of rotatable bonds is 6.